The molecule has 3 heteroatoms. The van der Waals surface area contributed by atoms with E-state index in [2.05, 4.69) is 29.3 Å². The maximum absolute atomic E-state index is 5.76. The molecule has 0 radical (unpaired) electrons. The van der Waals surface area contributed by atoms with Crippen LogP contribution in [0.25, 0.3) is 0 Å². The van der Waals surface area contributed by atoms with E-state index in [1.165, 1.54) is 30.8 Å². The normalized spacial score (nSPS) is 25.3. The molecule has 2 nitrogen and oxygen atoms in total. The number of hydrogen-bond donors (Lipinski definition) is 1. The Morgan fingerprint density at radius 3 is 3.20 bits per heavy atom. The molecule has 0 aliphatic carbocycles. The van der Waals surface area contributed by atoms with Gasteiger partial charge in [-0.15, -0.1) is 11.3 Å². The van der Waals surface area contributed by atoms with Gasteiger partial charge in [0.2, 0.25) is 0 Å². The van der Waals surface area contributed by atoms with Crippen LogP contribution in [0.3, 0.4) is 0 Å². The van der Waals surface area contributed by atoms with Crippen LogP contribution >= 0.6 is 11.3 Å². The van der Waals surface area contributed by atoms with Crippen LogP contribution in [0.4, 0.5) is 0 Å². The second-order valence-electron chi connectivity index (χ2n) is 4.43. The Bertz CT molecular complexity index is 284. The number of piperidine rings is 1. The van der Waals surface area contributed by atoms with Gasteiger partial charge in [0.1, 0.15) is 0 Å². The molecule has 15 heavy (non-hydrogen) atoms. The summed E-state index contributed by atoms with van der Waals surface area (Å²) in [6.07, 6.45) is 2.61. The Hall–Kier alpha value is -0.380. The number of nitrogens with zero attached hydrogens (tertiary/aromatic N) is 1. The summed E-state index contributed by atoms with van der Waals surface area (Å²) in [5.74, 6) is 0.709. The molecule has 84 valence electrons. The lowest BCUT2D eigenvalue weighted by molar-refractivity contribution is 0.136. The summed E-state index contributed by atoms with van der Waals surface area (Å²) < 4.78 is 0. The lowest BCUT2D eigenvalue weighted by atomic mass is 9.97. The molecule has 0 spiro atoms. The molecule has 0 aromatic carbocycles. The van der Waals surface area contributed by atoms with Gasteiger partial charge in [0, 0.05) is 17.5 Å². The molecule has 2 atom stereocenters. The topological polar surface area (TPSA) is 29.3 Å². The van der Waals surface area contributed by atoms with Crippen LogP contribution in [0.2, 0.25) is 0 Å². The molecule has 1 aliphatic heterocycles. The molecule has 2 N–H and O–H groups in total. The molecule has 0 bridgehead atoms. The van der Waals surface area contributed by atoms with Crippen LogP contribution in [0.5, 0.6) is 0 Å². The van der Waals surface area contributed by atoms with E-state index in [-0.39, 0.29) is 0 Å². The van der Waals surface area contributed by atoms with Crippen LogP contribution < -0.4 is 5.73 Å². The van der Waals surface area contributed by atoms with Crippen LogP contribution in [-0.2, 0) is 0 Å². The fourth-order valence-corrected chi connectivity index (χ4v) is 3.17. The number of nitrogens with two attached hydrogens (primary N) is 1. The Kier molecular flexibility index (Phi) is 3.78. The third-order valence-electron chi connectivity index (χ3n) is 3.39. The van der Waals surface area contributed by atoms with Crippen molar-refractivity contribution in [2.45, 2.75) is 25.8 Å². The molecule has 0 saturated carbocycles. The van der Waals surface area contributed by atoms with E-state index in [0.717, 1.165) is 6.54 Å². The minimum atomic E-state index is 0.569. The fourth-order valence-electron chi connectivity index (χ4n) is 2.35. The second kappa shape index (κ2) is 5.10. The molecule has 2 heterocycles. The zero-order valence-electron chi connectivity index (χ0n) is 9.36. The van der Waals surface area contributed by atoms with Gasteiger partial charge in [-0.1, -0.05) is 6.07 Å². The highest BCUT2D eigenvalue weighted by Crippen LogP contribution is 2.28. The summed E-state index contributed by atoms with van der Waals surface area (Å²) in [5, 5.41) is 2.16. The Morgan fingerprint density at radius 1 is 1.67 bits per heavy atom. The first-order valence-electron chi connectivity index (χ1n) is 5.78. The van der Waals surface area contributed by atoms with Crippen LogP contribution in [0.15, 0.2) is 17.5 Å². The van der Waals surface area contributed by atoms with E-state index in [9.17, 15) is 0 Å². The molecular formula is C12H20N2S. The summed E-state index contributed by atoms with van der Waals surface area (Å²) in [4.78, 5) is 4.06. The van der Waals surface area contributed by atoms with Crippen molar-refractivity contribution in [1.82, 2.24) is 4.90 Å². The predicted octanol–water partition coefficient (Wildman–Crippen LogP) is 2.48. The molecule has 0 amide bonds. The van der Waals surface area contributed by atoms with Gasteiger partial charge in [0.15, 0.2) is 0 Å². The first kappa shape index (κ1) is 11.1. The molecule has 0 unspecified atom stereocenters. The van der Waals surface area contributed by atoms with Crippen molar-refractivity contribution < 1.29 is 0 Å². The van der Waals surface area contributed by atoms with Crippen molar-refractivity contribution in [3.05, 3.63) is 22.4 Å². The average Bonchev–Trinajstić information content (AvgIpc) is 2.81. The standard InChI is InChI=1S/C12H20N2S/c1-10(12-5-3-7-15-12)14-6-2-4-11(8-13)9-14/h3,5,7,10-11H,2,4,6,8-9,13H2,1H3/t10-,11+/m0/s1. The Balaban J connectivity index is 1.98. The third kappa shape index (κ3) is 2.60. The minimum absolute atomic E-state index is 0.569. The maximum atomic E-state index is 5.76. The molecule has 1 aromatic heterocycles. The summed E-state index contributed by atoms with van der Waals surface area (Å²) in [6.45, 7) is 5.56. The fraction of sp³-hybridized carbons (Fsp3) is 0.667. The second-order valence-corrected chi connectivity index (χ2v) is 5.41. The zero-order chi connectivity index (χ0) is 10.7. The minimum Gasteiger partial charge on any atom is -0.330 e. The quantitative estimate of drug-likeness (QED) is 0.854. The molecule has 1 aliphatic rings. The highest BCUT2D eigenvalue weighted by molar-refractivity contribution is 7.10. The van der Waals surface area contributed by atoms with Crippen molar-refractivity contribution >= 4 is 11.3 Å². The van der Waals surface area contributed by atoms with E-state index in [4.69, 9.17) is 5.73 Å². The lowest BCUT2D eigenvalue weighted by Gasteiger charge is -2.36. The largest absolute Gasteiger partial charge is 0.330 e. The molecule has 1 aromatic rings. The Morgan fingerprint density at radius 2 is 2.53 bits per heavy atom. The van der Waals surface area contributed by atoms with Gasteiger partial charge in [-0.05, 0) is 50.2 Å². The van der Waals surface area contributed by atoms with Crippen molar-refractivity contribution in [2.24, 2.45) is 11.7 Å². The smallest absolute Gasteiger partial charge is 0.0413 e. The summed E-state index contributed by atoms with van der Waals surface area (Å²) in [6, 6.07) is 4.95. The van der Waals surface area contributed by atoms with E-state index in [1.807, 2.05) is 11.3 Å². The van der Waals surface area contributed by atoms with Gasteiger partial charge in [-0.25, -0.2) is 0 Å². The number of hydrogen-bond acceptors (Lipinski definition) is 3. The van der Waals surface area contributed by atoms with Gasteiger partial charge < -0.3 is 5.73 Å². The van der Waals surface area contributed by atoms with E-state index >= 15 is 0 Å². The summed E-state index contributed by atoms with van der Waals surface area (Å²) >= 11 is 1.86. The monoisotopic (exact) mass is 224 g/mol. The van der Waals surface area contributed by atoms with Crippen molar-refractivity contribution in [1.29, 1.82) is 0 Å². The first-order valence-corrected chi connectivity index (χ1v) is 6.66. The van der Waals surface area contributed by atoms with Crippen LogP contribution in [0, 0.1) is 5.92 Å². The average molecular weight is 224 g/mol. The molecule has 1 saturated heterocycles. The number of rotatable bonds is 3. The maximum Gasteiger partial charge on any atom is 0.0413 e. The number of thiophene rings is 1. The predicted molar refractivity (Wildman–Crippen MR) is 66.1 cm³/mol. The van der Waals surface area contributed by atoms with E-state index < -0.39 is 0 Å². The Labute approximate surface area is 96.1 Å². The summed E-state index contributed by atoms with van der Waals surface area (Å²) in [5.41, 5.74) is 5.76. The molecular weight excluding hydrogens is 204 g/mol. The van der Waals surface area contributed by atoms with Crippen LogP contribution in [0.1, 0.15) is 30.7 Å². The SMILES string of the molecule is C[C@@H](c1cccs1)N1CCC[C@H](CN)C1. The van der Waals surface area contributed by atoms with E-state index in [0.29, 0.717) is 12.0 Å². The zero-order valence-corrected chi connectivity index (χ0v) is 10.2. The van der Waals surface area contributed by atoms with Crippen LogP contribution in [-0.4, -0.2) is 24.5 Å². The molecule has 1 fully saturated rings. The highest BCUT2D eigenvalue weighted by atomic mass is 32.1. The van der Waals surface area contributed by atoms with E-state index in [1.54, 1.807) is 0 Å². The first-order chi connectivity index (χ1) is 7.31. The number of likely N-dealkylation sites (tertiary alicyclic amines) is 1. The van der Waals surface area contributed by atoms with Gasteiger partial charge in [0.25, 0.3) is 0 Å². The van der Waals surface area contributed by atoms with Crippen molar-refractivity contribution in [3.8, 4) is 0 Å². The van der Waals surface area contributed by atoms with Crippen molar-refractivity contribution in [2.75, 3.05) is 19.6 Å². The summed E-state index contributed by atoms with van der Waals surface area (Å²) in [7, 11) is 0. The van der Waals surface area contributed by atoms with Gasteiger partial charge in [-0.3, -0.25) is 4.90 Å². The lowest BCUT2D eigenvalue weighted by Crippen LogP contribution is -2.39. The highest BCUT2D eigenvalue weighted by Gasteiger charge is 2.23. The third-order valence-corrected chi connectivity index (χ3v) is 4.43. The van der Waals surface area contributed by atoms with Crippen molar-refractivity contribution in [3.63, 3.8) is 0 Å². The molecule has 2 rings (SSSR count). The van der Waals surface area contributed by atoms with Gasteiger partial charge in [0.05, 0.1) is 0 Å². The van der Waals surface area contributed by atoms with Gasteiger partial charge in [-0.2, -0.15) is 0 Å². The van der Waals surface area contributed by atoms with Gasteiger partial charge >= 0.3 is 0 Å².